The number of ether oxygens (including phenoxy) is 1. The van der Waals surface area contributed by atoms with Gasteiger partial charge in [0.25, 0.3) is 5.91 Å². The Balaban J connectivity index is 1.80. The monoisotopic (exact) mass is 291 g/mol. The summed E-state index contributed by atoms with van der Waals surface area (Å²) in [5, 5.41) is 3.19. The summed E-state index contributed by atoms with van der Waals surface area (Å²) in [4.78, 5) is 14.0. The Bertz CT molecular complexity index is 457. The smallest absolute Gasteiger partial charge is 0.260 e. The molecular weight excluding hydrogens is 266 g/mol. The average molecular weight is 291 g/mol. The third-order valence-corrected chi connectivity index (χ3v) is 3.81. The van der Waals surface area contributed by atoms with Gasteiger partial charge < -0.3 is 20.7 Å². The molecule has 0 aliphatic carbocycles. The normalized spacial score (nSPS) is 15.8. The first-order valence-corrected chi connectivity index (χ1v) is 7.63. The number of nitrogens with zero attached hydrogens (tertiary/aromatic N) is 1. The molecule has 1 heterocycles. The summed E-state index contributed by atoms with van der Waals surface area (Å²) in [6.07, 6.45) is 2.18. The Hall–Kier alpha value is -1.75. The summed E-state index contributed by atoms with van der Waals surface area (Å²) in [5.74, 6) is 1.50. The van der Waals surface area contributed by atoms with Crippen LogP contribution in [-0.2, 0) is 4.79 Å². The van der Waals surface area contributed by atoms with Crippen molar-refractivity contribution in [3.8, 4) is 5.75 Å². The van der Waals surface area contributed by atoms with Gasteiger partial charge in [0.15, 0.2) is 6.61 Å². The van der Waals surface area contributed by atoms with E-state index in [1.54, 1.807) is 0 Å². The highest BCUT2D eigenvalue weighted by Gasteiger charge is 2.20. The molecule has 1 aromatic rings. The maximum Gasteiger partial charge on any atom is 0.260 e. The first-order valence-electron chi connectivity index (χ1n) is 7.63. The maximum absolute atomic E-state index is 12.1. The Labute approximate surface area is 126 Å². The third kappa shape index (κ3) is 4.93. The van der Waals surface area contributed by atoms with Crippen LogP contribution in [0.4, 0.5) is 5.69 Å². The lowest BCUT2D eigenvalue weighted by Crippen LogP contribution is -2.40. The van der Waals surface area contributed by atoms with Crippen molar-refractivity contribution in [3.05, 3.63) is 24.3 Å². The van der Waals surface area contributed by atoms with Crippen molar-refractivity contribution < 1.29 is 9.53 Å². The summed E-state index contributed by atoms with van der Waals surface area (Å²) in [5.41, 5.74) is 6.42. The van der Waals surface area contributed by atoms with E-state index in [1.807, 2.05) is 29.2 Å². The number of anilines is 1. The van der Waals surface area contributed by atoms with Gasteiger partial charge in [0.1, 0.15) is 5.75 Å². The minimum Gasteiger partial charge on any atom is -0.484 e. The lowest BCUT2D eigenvalue weighted by molar-refractivity contribution is -0.134. The fraction of sp³-hybridized carbons (Fsp3) is 0.562. The minimum absolute atomic E-state index is 0.0715. The molecule has 1 aliphatic heterocycles. The molecule has 2 rings (SSSR count). The average Bonchev–Trinajstić information content (AvgIpc) is 2.52. The molecule has 116 valence electrons. The second-order valence-corrected chi connectivity index (χ2v) is 5.60. The number of hydrogen-bond acceptors (Lipinski definition) is 4. The molecule has 5 heteroatoms. The fourth-order valence-electron chi connectivity index (χ4n) is 2.41. The number of likely N-dealkylation sites (tertiary alicyclic amines) is 1. The molecule has 21 heavy (non-hydrogen) atoms. The number of carbonyl (C=O) groups excluding carboxylic acids is 1. The van der Waals surface area contributed by atoms with Crippen LogP contribution in [0.3, 0.4) is 0 Å². The topological polar surface area (TPSA) is 67.6 Å². The molecule has 1 amide bonds. The highest BCUT2D eigenvalue weighted by Crippen LogP contribution is 2.18. The molecule has 0 bridgehead atoms. The van der Waals surface area contributed by atoms with Crippen molar-refractivity contribution in [2.45, 2.75) is 19.8 Å². The molecule has 1 fully saturated rings. The van der Waals surface area contributed by atoms with E-state index in [-0.39, 0.29) is 12.5 Å². The van der Waals surface area contributed by atoms with Crippen LogP contribution in [0.1, 0.15) is 19.8 Å². The van der Waals surface area contributed by atoms with Gasteiger partial charge in [0.2, 0.25) is 0 Å². The van der Waals surface area contributed by atoms with E-state index in [9.17, 15) is 4.79 Å². The lowest BCUT2D eigenvalue weighted by Gasteiger charge is -2.30. The van der Waals surface area contributed by atoms with Crippen LogP contribution in [-0.4, -0.2) is 43.6 Å². The van der Waals surface area contributed by atoms with Crippen LogP contribution in [0.15, 0.2) is 24.3 Å². The molecule has 1 saturated heterocycles. The van der Waals surface area contributed by atoms with E-state index in [0.29, 0.717) is 18.8 Å². The van der Waals surface area contributed by atoms with E-state index in [2.05, 4.69) is 12.2 Å². The number of hydrogen-bond donors (Lipinski definition) is 2. The van der Waals surface area contributed by atoms with Crippen LogP contribution in [0.5, 0.6) is 5.75 Å². The Kier molecular flexibility index (Phi) is 5.87. The second kappa shape index (κ2) is 7.88. The molecule has 0 saturated carbocycles. The van der Waals surface area contributed by atoms with E-state index < -0.39 is 0 Å². The highest BCUT2D eigenvalue weighted by atomic mass is 16.5. The molecule has 5 nitrogen and oxygen atoms in total. The molecule has 1 aromatic carbocycles. The van der Waals surface area contributed by atoms with Crippen molar-refractivity contribution in [1.29, 1.82) is 0 Å². The number of amides is 1. The van der Waals surface area contributed by atoms with Crippen LogP contribution in [0, 0.1) is 5.92 Å². The number of carbonyl (C=O) groups is 1. The molecule has 3 N–H and O–H groups in total. The fourth-order valence-corrected chi connectivity index (χ4v) is 2.41. The molecule has 0 spiro atoms. The second-order valence-electron chi connectivity index (χ2n) is 5.60. The number of piperidine rings is 1. The van der Waals surface area contributed by atoms with Gasteiger partial charge in [-0.25, -0.2) is 0 Å². The van der Waals surface area contributed by atoms with E-state index in [1.165, 1.54) is 0 Å². The summed E-state index contributed by atoms with van der Waals surface area (Å²) in [6.45, 7) is 5.33. The van der Waals surface area contributed by atoms with Crippen molar-refractivity contribution in [2.24, 2.45) is 11.7 Å². The standard InChI is InChI=1S/C16H25N3O2/c1-13-5-9-19(10-6-13)16(20)12-21-15-4-2-3-14(11-15)18-8-7-17/h2-4,11,13,18H,5-10,12,17H2,1H3. The largest absolute Gasteiger partial charge is 0.484 e. The minimum atomic E-state index is 0.0715. The predicted molar refractivity (Wildman–Crippen MR) is 84.5 cm³/mol. The van der Waals surface area contributed by atoms with Gasteiger partial charge in [-0.3, -0.25) is 4.79 Å². The summed E-state index contributed by atoms with van der Waals surface area (Å²) < 4.78 is 5.61. The van der Waals surface area contributed by atoms with Gasteiger partial charge in [0.05, 0.1) is 0 Å². The molecule has 0 aromatic heterocycles. The van der Waals surface area contributed by atoms with Gasteiger partial charge in [-0.15, -0.1) is 0 Å². The summed E-state index contributed by atoms with van der Waals surface area (Å²) in [6, 6.07) is 7.61. The molecular formula is C16H25N3O2. The summed E-state index contributed by atoms with van der Waals surface area (Å²) in [7, 11) is 0. The highest BCUT2D eigenvalue weighted by molar-refractivity contribution is 5.77. The van der Waals surface area contributed by atoms with E-state index in [4.69, 9.17) is 10.5 Å². The zero-order valence-corrected chi connectivity index (χ0v) is 12.7. The van der Waals surface area contributed by atoms with Crippen molar-refractivity contribution in [3.63, 3.8) is 0 Å². The number of rotatable bonds is 6. The number of benzene rings is 1. The van der Waals surface area contributed by atoms with Gasteiger partial charge in [-0.1, -0.05) is 13.0 Å². The Morgan fingerprint density at radius 3 is 2.90 bits per heavy atom. The van der Waals surface area contributed by atoms with E-state index in [0.717, 1.165) is 37.5 Å². The summed E-state index contributed by atoms with van der Waals surface area (Å²) >= 11 is 0. The quantitative estimate of drug-likeness (QED) is 0.837. The predicted octanol–water partition coefficient (Wildman–Crippen LogP) is 1.69. The lowest BCUT2D eigenvalue weighted by atomic mass is 9.99. The van der Waals surface area contributed by atoms with Crippen LogP contribution < -0.4 is 15.8 Å². The molecule has 1 aliphatic rings. The zero-order chi connectivity index (χ0) is 15.1. The van der Waals surface area contributed by atoms with Crippen LogP contribution >= 0.6 is 0 Å². The van der Waals surface area contributed by atoms with Gasteiger partial charge in [-0.05, 0) is 30.9 Å². The number of nitrogens with two attached hydrogens (primary N) is 1. The first-order chi connectivity index (χ1) is 10.2. The molecule has 0 atom stereocenters. The first kappa shape index (κ1) is 15.6. The van der Waals surface area contributed by atoms with Crippen molar-refractivity contribution >= 4 is 11.6 Å². The van der Waals surface area contributed by atoms with Crippen molar-refractivity contribution in [1.82, 2.24) is 4.90 Å². The van der Waals surface area contributed by atoms with Crippen molar-refractivity contribution in [2.75, 3.05) is 38.1 Å². The van der Waals surface area contributed by atoms with E-state index >= 15 is 0 Å². The van der Waals surface area contributed by atoms with Crippen LogP contribution in [0.2, 0.25) is 0 Å². The van der Waals surface area contributed by atoms with Gasteiger partial charge in [0, 0.05) is 37.9 Å². The Morgan fingerprint density at radius 2 is 2.19 bits per heavy atom. The maximum atomic E-state index is 12.1. The zero-order valence-electron chi connectivity index (χ0n) is 12.7. The Morgan fingerprint density at radius 1 is 1.43 bits per heavy atom. The number of nitrogens with one attached hydrogen (secondary N) is 1. The molecule has 0 radical (unpaired) electrons. The van der Waals surface area contributed by atoms with Gasteiger partial charge in [-0.2, -0.15) is 0 Å². The molecule has 0 unspecified atom stereocenters. The third-order valence-electron chi connectivity index (χ3n) is 3.81. The van der Waals surface area contributed by atoms with Crippen LogP contribution in [0.25, 0.3) is 0 Å². The van der Waals surface area contributed by atoms with Gasteiger partial charge >= 0.3 is 0 Å². The SMILES string of the molecule is CC1CCN(C(=O)COc2cccc(NCCN)c2)CC1.